The van der Waals surface area contributed by atoms with Crippen LogP contribution in [0, 0.1) is 0 Å². The van der Waals surface area contributed by atoms with E-state index in [0.717, 1.165) is 6.54 Å². The van der Waals surface area contributed by atoms with Crippen molar-refractivity contribution in [3.63, 3.8) is 0 Å². The molecule has 0 unspecified atom stereocenters. The van der Waals surface area contributed by atoms with Gasteiger partial charge < -0.3 is 5.73 Å². The molecule has 0 aliphatic rings. The third-order valence-electron chi connectivity index (χ3n) is 0. The van der Waals surface area contributed by atoms with Gasteiger partial charge in [-0.3, -0.25) is 0 Å². The van der Waals surface area contributed by atoms with Crippen molar-refractivity contribution in [3.8, 4) is 0 Å². The van der Waals surface area contributed by atoms with E-state index in [4.69, 9.17) is 5.73 Å². The van der Waals surface area contributed by atoms with E-state index in [0.29, 0.717) is 0 Å². The van der Waals surface area contributed by atoms with Crippen molar-refractivity contribution in [1.82, 2.24) is 0 Å². The molecule has 0 heterocycles. The molecule has 0 fully saturated rings. The van der Waals surface area contributed by atoms with Gasteiger partial charge in [-0.05, 0) is 6.54 Å². The average Bonchev–Trinajstić information content (AvgIpc) is 0.918. The van der Waals surface area contributed by atoms with Crippen molar-refractivity contribution in [1.29, 1.82) is 0 Å². The van der Waals surface area contributed by atoms with E-state index < -0.39 is 0 Å². The first-order valence-corrected chi connectivity index (χ1v) is 1.12. The van der Waals surface area contributed by atoms with E-state index in [9.17, 15) is 0 Å². The van der Waals surface area contributed by atoms with Gasteiger partial charge in [0.1, 0.15) is 0 Å². The molecule has 1 nitrogen and oxygen atoms in total. The maximum atomic E-state index is 4.85. The number of hydrogen-bond donors (Lipinski definition) is 1. The third kappa shape index (κ3) is 28.2. The van der Waals surface area contributed by atoms with E-state index in [-0.39, 0.29) is 51.3 Å². The zero-order valence-corrected chi connectivity index (χ0v) is 11.2. The molecule has 2 N–H and O–H groups in total. The molecule has 0 aromatic heterocycles. The predicted octanol–water partition coefficient (Wildman–Crippen LogP) is -0.333. The Hall–Kier alpha value is 1.61. The van der Waals surface area contributed by atoms with Gasteiger partial charge in [0.25, 0.3) is 0 Å². The van der Waals surface area contributed by atoms with Gasteiger partial charge in [0.2, 0.25) is 0 Å². The Morgan fingerprint density at radius 1 is 1.60 bits per heavy atom. The molecule has 0 aliphatic heterocycles. The van der Waals surface area contributed by atoms with Gasteiger partial charge in [0, 0.05) is 0 Å². The van der Waals surface area contributed by atoms with E-state index in [1.54, 1.807) is 0 Å². The van der Waals surface area contributed by atoms with Crippen molar-refractivity contribution >= 4 is 51.3 Å². The fourth-order valence-electron chi connectivity index (χ4n) is 0. The Labute approximate surface area is 69.9 Å². The number of rotatable bonds is 0. The molecule has 0 atom stereocenters. The number of nitrogens with two attached hydrogens (primary N) is 1. The molecule has 0 rings (SSSR count). The van der Waals surface area contributed by atoms with Crippen LogP contribution in [0.5, 0.6) is 0 Å². The summed E-state index contributed by atoms with van der Waals surface area (Å²) >= 11 is 0. The maximum absolute atomic E-state index is 4.85. The van der Waals surface area contributed by atoms with Gasteiger partial charge in [0.05, 0.1) is 0 Å². The van der Waals surface area contributed by atoms with Crippen molar-refractivity contribution in [2.75, 3.05) is 6.54 Å². The van der Waals surface area contributed by atoms with Crippen molar-refractivity contribution in [2.45, 2.75) is 6.92 Å². The summed E-state index contributed by atoms with van der Waals surface area (Å²) in [5.41, 5.74) is 4.85. The van der Waals surface area contributed by atoms with Crippen LogP contribution in [0.4, 0.5) is 0 Å². The molecule has 2 radical (unpaired) electrons. The van der Waals surface area contributed by atoms with Crippen molar-refractivity contribution in [3.05, 3.63) is 0 Å². The summed E-state index contributed by atoms with van der Waals surface area (Å²) in [6.07, 6.45) is 0. The Morgan fingerprint density at radius 2 is 1.60 bits per heavy atom. The van der Waals surface area contributed by atoms with Gasteiger partial charge in [0.15, 0.2) is 0 Å². The Bertz CT molecular complexity index is 9.61. The summed E-state index contributed by atoms with van der Waals surface area (Å²) < 4.78 is 0. The van der Waals surface area contributed by atoms with Crippen LogP contribution in [0.1, 0.15) is 6.92 Å². The predicted molar refractivity (Wildman–Crippen MR) is 38.7 cm³/mol. The fourth-order valence-corrected chi connectivity index (χ4v) is 0. The van der Waals surface area contributed by atoms with Crippen LogP contribution in [0.2, 0.25) is 0 Å². The summed E-state index contributed by atoms with van der Waals surface area (Å²) in [5, 5.41) is 0. The topological polar surface area (TPSA) is 26.0 Å². The number of halogens is 1. The number of hydrogen-bond acceptors (Lipinski definition) is 1. The first-order chi connectivity index (χ1) is 1.41. The zero-order chi connectivity index (χ0) is 2.71. The van der Waals surface area contributed by atoms with Gasteiger partial charge in [-0.1, -0.05) is 6.92 Å². The third-order valence-corrected chi connectivity index (χ3v) is 0. The van der Waals surface area contributed by atoms with Crippen molar-refractivity contribution in [2.24, 2.45) is 5.73 Å². The molecule has 0 saturated carbocycles. The minimum absolute atomic E-state index is 0. The molecule has 0 spiro atoms. The second kappa shape index (κ2) is 17.5. The summed E-state index contributed by atoms with van der Waals surface area (Å²) in [6.45, 7) is 2.65. The molecule has 5 heavy (non-hydrogen) atoms. The quantitative estimate of drug-likeness (QED) is 0.451. The monoisotopic (exact) mass is 383 g/mol. The average molecular weight is 382 g/mol. The minimum atomic E-state index is 0. The van der Waals surface area contributed by atoms with Crippen LogP contribution >= 0.6 is 24.0 Å². The molecule has 0 aromatic rings. The summed E-state index contributed by atoms with van der Waals surface area (Å²) in [5.74, 6) is 0. The van der Waals surface area contributed by atoms with Gasteiger partial charge in [-0.15, -0.1) is 24.0 Å². The molecular weight excluding hydrogens is 372 g/mol. The van der Waals surface area contributed by atoms with E-state index in [1.807, 2.05) is 6.92 Å². The second-order valence-electron chi connectivity index (χ2n) is 0.408. The van der Waals surface area contributed by atoms with E-state index in [2.05, 4.69) is 0 Å². The van der Waals surface area contributed by atoms with Crippen LogP contribution in [0.3, 0.4) is 0 Å². The van der Waals surface area contributed by atoms with Crippen LogP contribution in [0.15, 0.2) is 0 Å². The van der Waals surface area contributed by atoms with Crippen LogP contribution < -0.4 is 5.73 Å². The van der Waals surface area contributed by atoms with Gasteiger partial charge in [-0.25, -0.2) is 0 Å². The SMILES string of the molecule is CCN.I.[PbH2]. The second-order valence-corrected chi connectivity index (χ2v) is 0.408. The fraction of sp³-hybridized carbons (Fsp3) is 1.00. The first kappa shape index (κ1) is 16.0. The molecular formula is C2H10INPb. The van der Waals surface area contributed by atoms with Crippen molar-refractivity contribution < 1.29 is 0 Å². The molecule has 0 bridgehead atoms. The molecule has 0 amide bonds. The van der Waals surface area contributed by atoms with Gasteiger partial charge >= 0.3 is 27.3 Å². The Kier molecular flexibility index (Phi) is 55.9. The van der Waals surface area contributed by atoms with E-state index >= 15 is 0 Å². The van der Waals surface area contributed by atoms with Crippen LogP contribution in [-0.4, -0.2) is 33.8 Å². The van der Waals surface area contributed by atoms with Gasteiger partial charge in [-0.2, -0.15) is 0 Å². The first-order valence-electron chi connectivity index (χ1n) is 1.12. The zero-order valence-electron chi connectivity index (χ0n) is 3.40. The molecule has 3 heteroatoms. The summed E-state index contributed by atoms with van der Waals surface area (Å²) in [6, 6.07) is 0. The molecule has 0 saturated heterocycles. The Balaban J connectivity index is -0.0000000200. The van der Waals surface area contributed by atoms with Crippen LogP contribution in [0.25, 0.3) is 0 Å². The van der Waals surface area contributed by atoms with Crippen LogP contribution in [-0.2, 0) is 0 Å². The normalized spacial score (nSPS) is 3.60. The standard InChI is InChI=1S/C2H7N.HI.Pb.2H/c1-2-3;;;;/h2-3H2,1H3;1H;;;. The summed E-state index contributed by atoms with van der Waals surface area (Å²) in [7, 11) is 0. The molecule has 0 aromatic carbocycles. The molecule has 0 aliphatic carbocycles. The van der Waals surface area contributed by atoms with E-state index in [1.165, 1.54) is 0 Å². The Morgan fingerprint density at radius 3 is 1.60 bits per heavy atom. The summed E-state index contributed by atoms with van der Waals surface area (Å²) in [4.78, 5) is 0. The molecule has 34 valence electrons.